The second-order valence-electron chi connectivity index (χ2n) is 12.2. The Hall–Kier alpha value is -5.08. The molecule has 2 N–H and O–H groups in total. The highest BCUT2D eigenvalue weighted by atomic mass is 32.1. The maximum atomic E-state index is 13.5. The molecular formula is C39H38N4O3S. The van der Waals surface area contributed by atoms with Crippen LogP contribution in [0.2, 0.25) is 0 Å². The maximum Gasteiger partial charge on any atom is 0.258 e. The third-order valence-electron chi connectivity index (χ3n) is 8.62. The molecule has 4 aromatic carbocycles. The summed E-state index contributed by atoms with van der Waals surface area (Å²) in [4.78, 5) is 46.6. The lowest BCUT2D eigenvalue weighted by molar-refractivity contribution is -0.132. The third-order valence-corrected chi connectivity index (χ3v) is 9.38. The van der Waals surface area contributed by atoms with E-state index in [0.29, 0.717) is 41.0 Å². The molecule has 0 bridgehead atoms. The van der Waals surface area contributed by atoms with Crippen molar-refractivity contribution in [1.82, 2.24) is 15.2 Å². The fourth-order valence-electron chi connectivity index (χ4n) is 5.96. The number of amides is 3. The van der Waals surface area contributed by atoms with Gasteiger partial charge >= 0.3 is 0 Å². The summed E-state index contributed by atoms with van der Waals surface area (Å²) in [5.74, 6) is -0.200. The number of nitrogens with zero attached hydrogens (tertiary/aromatic N) is 2. The number of anilines is 1. The maximum absolute atomic E-state index is 13.5. The number of aromatic nitrogens is 1. The van der Waals surface area contributed by atoms with Crippen molar-refractivity contribution in [2.45, 2.75) is 45.6 Å². The molecule has 1 aromatic heterocycles. The van der Waals surface area contributed by atoms with Gasteiger partial charge in [-0.15, -0.1) is 11.3 Å². The van der Waals surface area contributed by atoms with E-state index in [-0.39, 0.29) is 17.7 Å². The van der Waals surface area contributed by atoms with Crippen molar-refractivity contribution < 1.29 is 14.4 Å². The zero-order valence-corrected chi connectivity index (χ0v) is 27.6. The van der Waals surface area contributed by atoms with E-state index in [2.05, 4.69) is 53.7 Å². The Morgan fingerprint density at radius 3 is 2.13 bits per heavy atom. The van der Waals surface area contributed by atoms with Crippen LogP contribution in [0.1, 0.15) is 76.1 Å². The second-order valence-corrected chi connectivity index (χ2v) is 13.1. The number of benzene rings is 4. The smallest absolute Gasteiger partial charge is 0.258 e. The molecule has 1 aliphatic rings. The Morgan fingerprint density at radius 2 is 1.45 bits per heavy atom. The van der Waals surface area contributed by atoms with Gasteiger partial charge in [0.05, 0.1) is 5.69 Å². The minimum absolute atomic E-state index is 0.0856. The minimum atomic E-state index is -0.750. The van der Waals surface area contributed by atoms with Crippen molar-refractivity contribution in [1.29, 1.82) is 0 Å². The summed E-state index contributed by atoms with van der Waals surface area (Å²) >= 11 is 1.35. The first-order valence-electron chi connectivity index (χ1n) is 16.0. The largest absolute Gasteiger partial charge is 0.341 e. The van der Waals surface area contributed by atoms with Crippen molar-refractivity contribution in [3.05, 3.63) is 130 Å². The zero-order chi connectivity index (χ0) is 32.9. The molecule has 1 fully saturated rings. The van der Waals surface area contributed by atoms with Gasteiger partial charge in [0.2, 0.25) is 5.91 Å². The van der Waals surface area contributed by atoms with Crippen LogP contribution in [0.25, 0.3) is 22.4 Å². The topological polar surface area (TPSA) is 91.4 Å². The fourth-order valence-corrected chi connectivity index (χ4v) is 6.68. The molecule has 3 amide bonds. The van der Waals surface area contributed by atoms with Crippen LogP contribution in [-0.2, 0) is 4.79 Å². The predicted molar refractivity (Wildman–Crippen MR) is 189 cm³/mol. The van der Waals surface area contributed by atoms with Gasteiger partial charge in [0.1, 0.15) is 6.04 Å². The molecule has 0 unspecified atom stereocenters. The molecule has 0 radical (unpaired) electrons. The standard InChI is InChI=1S/C39H38N4O3S/c1-25(2)27-14-18-29(19-15-27)34-26(3)10-9-13-32(34)37(45)42-39-40-33(24-47-39)28-16-20-31(21-17-28)36(44)41-35(30-11-5-4-6-12-30)38(46)43-22-7-8-23-43/h4-6,9-21,24-25,35H,7-8,22-23H2,1-3H3,(H,41,44)(H,40,42,45)/t35-/m0/s1. The minimum Gasteiger partial charge on any atom is -0.341 e. The van der Waals surface area contributed by atoms with Gasteiger partial charge in [0, 0.05) is 35.2 Å². The summed E-state index contributed by atoms with van der Waals surface area (Å²) in [6.45, 7) is 7.76. The first-order valence-corrected chi connectivity index (χ1v) is 16.9. The molecule has 0 saturated carbocycles. The van der Waals surface area contributed by atoms with Crippen LogP contribution >= 0.6 is 11.3 Å². The molecular weight excluding hydrogens is 605 g/mol. The van der Waals surface area contributed by atoms with Crippen LogP contribution in [-0.4, -0.2) is 40.7 Å². The van der Waals surface area contributed by atoms with E-state index in [4.69, 9.17) is 0 Å². The molecule has 1 saturated heterocycles. The van der Waals surface area contributed by atoms with Gasteiger partial charge < -0.3 is 10.2 Å². The quantitative estimate of drug-likeness (QED) is 0.169. The Kier molecular flexibility index (Phi) is 9.59. The number of aryl methyl sites for hydroxylation is 1. The summed E-state index contributed by atoms with van der Waals surface area (Å²) < 4.78 is 0. The van der Waals surface area contributed by atoms with Crippen LogP contribution < -0.4 is 10.6 Å². The molecule has 7 nitrogen and oxygen atoms in total. The van der Waals surface area contributed by atoms with E-state index in [1.807, 2.05) is 77.9 Å². The van der Waals surface area contributed by atoms with E-state index in [1.165, 1.54) is 16.9 Å². The van der Waals surface area contributed by atoms with Gasteiger partial charge in [0.15, 0.2) is 5.13 Å². The van der Waals surface area contributed by atoms with Crippen molar-refractivity contribution in [3.8, 4) is 22.4 Å². The number of hydrogen-bond donors (Lipinski definition) is 2. The van der Waals surface area contributed by atoms with E-state index in [0.717, 1.165) is 40.7 Å². The molecule has 1 aliphatic heterocycles. The first kappa shape index (κ1) is 31.9. The number of hydrogen-bond acceptors (Lipinski definition) is 5. The van der Waals surface area contributed by atoms with Crippen LogP contribution in [0.5, 0.6) is 0 Å². The summed E-state index contributed by atoms with van der Waals surface area (Å²) in [6.07, 6.45) is 1.95. The Labute approximate surface area is 279 Å². The molecule has 8 heteroatoms. The summed E-state index contributed by atoms with van der Waals surface area (Å²) in [7, 11) is 0. The van der Waals surface area contributed by atoms with Gasteiger partial charge in [-0.2, -0.15) is 0 Å². The first-order chi connectivity index (χ1) is 22.8. The number of nitrogens with one attached hydrogen (secondary N) is 2. The molecule has 1 atom stereocenters. The lowest BCUT2D eigenvalue weighted by Crippen LogP contribution is -2.41. The Morgan fingerprint density at radius 1 is 0.766 bits per heavy atom. The lowest BCUT2D eigenvalue weighted by atomic mass is 9.92. The second kappa shape index (κ2) is 14.1. The summed E-state index contributed by atoms with van der Waals surface area (Å²) in [5, 5.41) is 8.32. The van der Waals surface area contributed by atoms with Gasteiger partial charge in [-0.05, 0) is 71.7 Å². The molecule has 0 spiro atoms. The van der Waals surface area contributed by atoms with Gasteiger partial charge in [0.25, 0.3) is 11.8 Å². The van der Waals surface area contributed by atoms with Gasteiger partial charge in [-0.1, -0.05) is 92.7 Å². The third kappa shape index (κ3) is 7.18. The number of rotatable bonds is 9. The lowest BCUT2D eigenvalue weighted by Gasteiger charge is -2.24. The molecule has 6 rings (SSSR count). The molecule has 0 aliphatic carbocycles. The number of carbonyl (C=O) groups excluding carboxylic acids is 3. The van der Waals surface area contributed by atoms with Crippen molar-refractivity contribution in [2.75, 3.05) is 18.4 Å². The number of likely N-dealkylation sites (tertiary alicyclic amines) is 1. The Bertz CT molecular complexity index is 1880. The van der Waals surface area contributed by atoms with E-state index in [9.17, 15) is 14.4 Å². The van der Waals surface area contributed by atoms with Gasteiger partial charge in [-0.3, -0.25) is 19.7 Å². The van der Waals surface area contributed by atoms with Crippen LogP contribution in [0.4, 0.5) is 5.13 Å². The molecule has 2 heterocycles. The number of thiazole rings is 1. The summed E-state index contributed by atoms with van der Waals surface area (Å²) in [6, 6.07) is 29.9. The molecule has 5 aromatic rings. The highest BCUT2D eigenvalue weighted by molar-refractivity contribution is 7.14. The van der Waals surface area contributed by atoms with Crippen LogP contribution in [0.15, 0.2) is 102 Å². The highest BCUT2D eigenvalue weighted by Gasteiger charge is 2.29. The molecule has 238 valence electrons. The SMILES string of the molecule is Cc1cccc(C(=O)Nc2nc(-c3ccc(C(=O)N[C@H](C(=O)N4CCCC4)c4ccccc4)cc3)cs2)c1-c1ccc(C(C)C)cc1. The average Bonchev–Trinajstić information content (AvgIpc) is 3.81. The monoisotopic (exact) mass is 642 g/mol. The Balaban J connectivity index is 1.15. The van der Waals surface area contributed by atoms with Crippen molar-refractivity contribution >= 4 is 34.2 Å². The summed E-state index contributed by atoms with van der Waals surface area (Å²) in [5.41, 5.74) is 7.47. The average molecular weight is 643 g/mol. The van der Waals surface area contributed by atoms with E-state index >= 15 is 0 Å². The van der Waals surface area contributed by atoms with E-state index < -0.39 is 6.04 Å². The van der Waals surface area contributed by atoms with Crippen LogP contribution in [0.3, 0.4) is 0 Å². The number of carbonyl (C=O) groups is 3. The normalized spacial score (nSPS) is 13.4. The fraction of sp³-hybridized carbons (Fsp3) is 0.231. The van der Waals surface area contributed by atoms with Crippen molar-refractivity contribution in [2.24, 2.45) is 0 Å². The predicted octanol–water partition coefficient (Wildman–Crippen LogP) is 8.25. The highest BCUT2D eigenvalue weighted by Crippen LogP contribution is 2.31. The van der Waals surface area contributed by atoms with Crippen molar-refractivity contribution in [3.63, 3.8) is 0 Å². The van der Waals surface area contributed by atoms with Crippen LogP contribution in [0, 0.1) is 6.92 Å². The van der Waals surface area contributed by atoms with E-state index in [1.54, 1.807) is 12.1 Å². The van der Waals surface area contributed by atoms with Gasteiger partial charge in [-0.25, -0.2) is 4.98 Å². The molecule has 47 heavy (non-hydrogen) atoms. The zero-order valence-electron chi connectivity index (χ0n) is 26.8.